The van der Waals surface area contributed by atoms with E-state index in [9.17, 15) is 29.1 Å². The van der Waals surface area contributed by atoms with E-state index in [0.717, 1.165) is 0 Å². The maximum atomic E-state index is 12.1. The molecule has 0 aliphatic heterocycles. The number of amides is 4. The summed E-state index contributed by atoms with van der Waals surface area (Å²) in [5, 5.41) is 27.5. The number of aliphatic carboxylic acids is 1. The summed E-state index contributed by atoms with van der Waals surface area (Å²) in [6.07, 6.45) is 1.29. The van der Waals surface area contributed by atoms with Gasteiger partial charge in [-0.25, -0.2) is 4.79 Å². The Morgan fingerprint density at radius 3 is 2.13 bits per heavy atom. The third-order valence-corrected chi connectivity index (χ3v) is 4.50. The number of aliphatic hydroxyl groups excluding tert-OH is 1. The standard InChI is InChI=1S/C17H32N6O7S/c1-9(21-15(27)10(19)8-31)14(26)23-12(7-24)16(28)20-6-13(25)22-11(17(29)30)4-2-3-5-18/h9-12,24,31H,2-8,18-19H2,1H3,(H,20,28)(H,21,27)(H,22,25)(H,23,26)(H,29,30)/t9-,10-,11-,12-/m0/s1. The van der Waals surface area contributed by atoms with Crippen molar-refractivity contribution in [2.24, 2.45) is 11.5 Å². The van der Waals surface area contributed by atoms with Crippen LogP contribution in [0, 0.1) is 0 Å². The SMILES string of the molecule is C[C@H](NC(=O)[C@@H](N)CS)C(=O)N[C@@H](CO)C(=O)NCC(=O)N[C@@H](CCCCN)C(=O)O. The highest BCUT2D eigenvalue weighted by Crippen LogP contribution is 2.00. The number of nitrogens with two attached hydrogens (primary N) is 2. The lowest BCUT2D eigenvalue weighted by Gasteiger charge is -2.21. The summed E-state index contributed by atoms with van der Waals surface area (Å²) in [4.78, 5) is 59.0. The molecule has 14 heteroatoms. The molecule has 0 spiro atoms. The predicted molar refractivity (Wildman–Crippen MR) is 114 cm³/mol. The van der Waals surface area contributed by atoms with Crippen LogP contribution in [0.3, 0.4) is 0 Å². The molecule has 0 radical (unpaired) electrons. The Morgan fingerprint density at radius 1 is 0.968 bits per heavy atom. The third kappa shape index (κ3) is 11.5. The van der Waals surface area contributed by atoms with Gasteiger partial charge in [-0.15, -0.1) is 0 Å². The van der Waals surface area contributed by atoms with Crippen molar-refractivity contribution < 1.29 is 34.2 Å². The molecule has 0 saturated carbocycles. The number of nitrogens with one attached hydrogen (secondary N) is 4. The fraction of sp³-hybridized carbons (Fsp3) is 0.706. The van der Waals surface area contributed by atoms with Crippen molar-refractivity contribution in [2.75, 3.05) is 25.4 Å². The third-order valence-electron chi connectivity index (χ3n) is 4.10. The number of carbonyl (C=O) groups excluding carboxylic acids is 4. The molecule has 4 atom stereocenters. The molecule has 0 heterocycles. The number of unbranched alkanes of at least 4 members (excludes halogenated alkanes) is 1. The average molecular weight is 465 g/mol. The Hall–Kier alpha value is -2.42. The maximum absolute atomic E-state index is 12.1. The Balaban J connectivity index is 4.61. The van der Waals surface area contributed by atoms with Crippen molar-refractivity contribution in [2.45, 2.75) is 50.4 Å². The van der Waals surface area contributed by atoms with Gasteiger partial charge in [0.2, 0.25) is 23.6 Å². The molecular formula is C17H32N6O7S. The number of hydrogen-bond acceptors (Lipinski definition) is 9. The van der Waals surface area contributed by atoms with Gasteiger partial charge in [-0.3, -0.25) is 19.2 Å². The van der Waals surface area contributed by atoms with Crippen molar-refractivity contribution in [3.05, 3.63) is 0 Å². The van der Waals surface area contributed by atoms with E-state index < -0.39 is 66.9 Å². The second-order valence-electron chi connectivity index (χ2n) is 6.72. The first-order valence-electron chi connectivity index (χ1n) is 9.65. The minimum Gasteiger partial charge on any atom is -0.480 e. The van der Waals surface area contributed by atoms with Crippen LogP contribution in [-0.2, 0) is 24.0 Å². The second-order valence-corrected chi connectivity index (χ2v) is 7.09. The summed E-state index contributed by atoms with van der Waals surface area (Å²) in [6, 6.07) is -4.48. The summed E-state index contributed by atoms with van der Waals surface area (Å²) in [7, 11) is 0. The van der Waals surface area contributed by atoms with Gasteiger partial charge in [0.25, 0.3) is 0 Å². The van der Waals surface area contributed by atoms with Crippen LogP contribution in [0.4, 0.5) is 0 Å². The summed E-state index contributed by atoms with van der Waals surface area (Å²) in [5.41, 5.74) is 10.8. The smallest absolute Gasteiger partial charge is 0.326 e. The van der Waals surface area contributed by atoms with Crippen molar-refractivity contribution in [3.8, 4) is 0 Å². The number of aliphatic hydroxyl groups is 1. The fourth-order valence-electron chi connectivity index (χ4n) is 2.25. The summed E-state index contributed by atoms with van der Waals surface area (Å²) in [5.74, 6) is -4.14. The van der Waals surface area contributed by atoms with Gasteiger partial charge in [-0.1, -0.05) is 0 Å². The molecule has 31 heavy (non-hydrogen) atoms. The molecule has 0 aliphatic carbocycles. The Bertz CT molecular complexity index is 636. The van der Waals surface area contributed by atoms with E-state index in [1.807, 2.05) is 0 Å². The van der Waals surface area contributed by atoms with Crippen LogP contribution in [0.1, 0.15) is 26.2 Å². The molecule has 0 saturated heterocycles. The van der Waals surface area contributed by atoms with Gasteiger partial charge in [0, 0.05) is 5.75 Å². The molecule has 0 aliphatic rings. The summed E-state index contributed by atoms with van der Waals surface area (Å²) >= 11 is 3.88. The molecule has 0 aromatic heterocycles. The number of thiol groups is 1. The van der Waals surface area contributed by atoms with E-state index >= 15 is 0 Å². The second kappa shape index (κ2) is 15.4. The predicted octanol–water partition coefficient (Wildman–Crippen LogP) is -3.96. The topological polar surface area (TPSA) is 226 Å². The van der Waals surface area contributed by atoms with Gasteiger partial charge in [-0.2, -0.15) is 12.6 Å². The monoisotopic (exact) mass is 464 g/mol. The minimum absolute atomic E-state index is 0.0691. The van der Waals surface area contributed by atoms with Crippen molar-refractivity contribution in [3.63, 3.8) is 0 Å². The molecule has 0 unspecified atom stereocenters. The minimum atomic E-state index is -1.39. The van der Waals surface area contributed by atoms with E-state index in [4.69, 9.17) is 16.6 Å². The van der Waals surface area contributed by atoms with E-state index in [2.05, 4.69) is 33.9 Å². The van der Waals surface area contributed by atoms with Crippen LogP contribution < -0.4 is 32.7 Å². The van der Waals surface area contributed by atoms with E-state index in [0.29, 0.717) is 19.4 Å². The average Bonchev–Trinajstić information content (AvgIpc) is 2.73. The first kappa shape index (κ1) is 28.6. The lowest BCUT2D eigenvalue weighted by atomic mass is 10.1. The highest BCUT2D eigenvalue weighted by molar-refractivity contribution is 7.80. The van der Waals surface area contributed by atoms with Gasteiger partial charge in [0.15, 0.2) is 0 Å². The zero-order valence-electron chi connectivity index (χ0n) is 17.3. The molecular weight excluding hydrogens is 432 g/mol. The van der Waals surface area contributed by atoms with Crippen molar-refractivity contribution in [1.29, 1.82) is 0 Å². The number of rotatable bonds is 15. The summed E-state index contributed by atoms with van der Waals surface area (Å²) in [6.45, 7) is 0.422. The number of carboxylic acid groups (broad SMARTS) is 1. The van der Waals surface area contributed by atoms with Crippen molar-refractivity contribution >= 4 is 42.2 Å². The van der Waals surface area contributed by atoms with Crippen LogP contribution in [0.15, 0.2) is 0 Å². The van der Waals surface area contributed by atoms with Crippen LogP contribution in [0.2, 0.25) is 0 Å². The quantitative estimate of drug-likeness (QED) is 0.0849. The van der Waals surface area contributed by atoms with E-state index in [1.54, 1.807) is 0 Å². The maximum Gasteiger partial charge on any atom is 0.326 e. The van der Waals surface area contributed by atoms with Gasteiger partial charge >= 0.3 is 5.97 Å². The van der Waals surface area contributed by atoms with Crippen LogP contribution in [0.25, 0.3) is 0 Å². The van der Waals surface area contributed by atoms with Crippen LogP contribution in [0.5, 0.6) is 0 Å². The highest BCUT2D eigenvalue weighted by atomic mass is 32.1. The van der Waals surface area contributed by atoms with E-state index in [1.165, 1.54) is 6.92 Å². The number of hydrogen-bond donors (Lipinski definition) is 9. The molecule has 0 rings (SSSR count). The van der Waals surface area contributed by atoms with Crippen molar-refractivity contribution in [1.82, 2.24) is 21.3 Å². The first-order valence-corrected chi connectivity index (χ1v) is 10.3. The molecule has 4 amide bonds. The number of carboxylic acids is 1. The van der Waals surface area contributed by atoms with Crippen LogP contribution in [-0.4, -0.2) is 89.4 Å². The molecule has 0 aromatic rings. The molecule has 0 bridgehead atoms. The zero-order chi connectivity index (χ0) is 24.0. The van der Waals surface area contributed by atoms with Crippen LogP contribution >= 0.6 is 12.6 Å². The molecule has 0 aromatic carbocycles. The molecule has 10 N–H and O–H groups in total. The largest absolute Gasteiger partial charge is 0.480 e. The highest BCUT2D eigenvalue weighted by Gasteiger charge is 2.26. The van der Waals surface area contributed by atoms with Gasteiger partial charge in [0.05, 0.1) is 19.2 Å². The molecule has 13 nitrogen and oxygen atoms in total. The Kier molecular flexibility index (Phi) is 14.2. The number of carbonyl (C=O) groups is 5. The Labute approximate surface area is 185 Å². The molecule has 0 fully saturated rings. The van der Waals surface area contributed by atoms with Gasteiger partial charge in [-0.05, 0) is 32.7 Å². The van der Waals surface area contributed by atoms with Gasteiger partial charge < -0.3 is 42.9 Å². The lowest BCUT2D eigenvalue weighted by molar-refractivity contribution is -0.142. The van der Waals surface area contributed by atoms with E-state index in [-0.39, 0.29) is 12.2 Å². The molecule has 178 valence electrons. The normalized spacial score (nSPS) is 14.5. The Morgan fingerprint density at radius 2 is 1.61 bits per heavy atom. The lowest BCUT2D eigenvalue weighted by Crippen LogP contribution is -2.56. The zero-order valence-corrected chi connectivity index (χ0v) is 18.2. The summed E-state index contributed by atoms with van der Waals surface area (Å²) < 4.78 is 0. The van der Waals surface area contributed by atoms with Gasteiger partial charge in [0.1, 0.15) is 18.1 Å². The fourth-order valence-corrected chi connectivity index (χ4v) is 2.41. The first-order chi connectivity index (χ1) is 14.6.